The molecule has 1 aromatic carbocycles. The molecule has 1 aromatic heterocycles. The molecule has 1 saturated carbocycles. The quantitative estimate of drug-likeness (QED) is 0.801. The fourth-order valence-electron chi connectivity index (χ4n) is 2.69. The minimum Gasteiger partial charge on any atom is -0.385 e. The van der Waals surface area contributed by atoms with E-state index in [1.807, 2.05) is 6.20 Å². The molecule has 0 amide bonds. The summed E-state index contributed by atoms with van der Waals surface area (Å²) in [7, 11) is 1.79. The van der Waals surface area contributed by atoms with Gasteiger partial charge in [0.2, 0.25) is 0 Å². The van der Waals surface area contributed by atoms with Gasteiger partial charge in [-0.25, -0.2) is 0 Å². The summed E-state index contributed by atoms with van der Waals surface area (Å²) in [5.41, 5.74) is 3.09. The maximum Gasteiger partial charge on any atom is 0.0468 e. The van der Waals surface area contributed by atoms with Gasteiger partial charge in [0, 0.05) is 38.5 Å². The lowest BCUT2D eigenvalue weighted by molar-refractivity contribution is 0.171. The summed E-state index contributed by atoms with van der Waals surface area (Å²) in [6, 6.07) is 8.73. The summed E-state index contributed by atoms with van der Waals surface area (Å²) in [6.07, 6.45) is 5.87. The van der Waals surface area contributed by atoms with Crippen molar-refractivity contribution in [1.29, 1.82) is 0 Å². The van der Waals surface area contributed by atoms with Crippen molar-refractivity contribution in [2.75, 3.05) is 20.3 Å². The number of nitrogens with one attached hydrogen (secondary N) is 2. The molecule has 19 heavy (non-hydrogen) atoms. The largest absolute Gasteiger partial charge is 0.385 e. The summed E-state index contributed by atoms with van der Waals surface area (Å²) < 4.78 is 5.19. The van der Waals surface area contributed by atoms with Crippen LogP contribution in [0.1, 0.15) is 24.8 Å². The third-order valence-electron chi connectivity index (χ3n) is 4.24. The van der Waals surface area contributed by atoms with Crippen LogP contribution in [0.25, 0.3) is 10.9 Å². The van der Waals surface area contributed by atoms with E-state index in [9.17, 15) is 0 Å². The van der Waals surface area contributed by atoms with Gasteiger partial charge in [0.25, 0.3) is 0 Å². The molecule has 1 heterocycles. The number of benzene rings is 1. The molecule has 2 aromatic rings. The van der Waals surface area contributed by atoms with Crippen molar-refractivity contribution < 1.29 is 4.74 Å². The fourth-order valence-corrected chi connectivity index (χ4v) is 2.69. The minimum absolute atomic E-state index is 0.520. The Morgan fingerprint density at radius 1 is 1.32 bits per heavy atom. The van der Waals surface area contributed by atoms with E-state index in [0.717, 1.165) is 19.7 Å². The zero-order valence-electron chi connectivity index (χ0n) is 11.5. The van der Waals surface area contributed by atoms with Crippen LogP contribution in [0.15, 0.2) is 30.5 Å². The van der Waals surface area contributed by atoms with Gasteiger partial charge in [0.1, 0.15) is 0 Å². The van der Waals surface area contributed by atoms with Crippen LogP contribution in [0, 0.1) is 5.41 Å². The van der Waals surface area contributed by atoms with Gasteiger partial charge in [-0.2, -0.15) is 0 Å². The molecule has 0 unspecified atom stereocenters. The molecule has 0 atom stereocenters. The highest BCUT2D eigenvalue weighted by molar-refractivity contribution is 5.79. The summed E-state index contributed by atoms with van der Waals surface area (Å²) in [5, 5.41) is 4.88. The second kappa shape index (κ2) is 5.35. The van der Waals surface area contributed by atoms with Crippen molar-refractivity contribution >= 4 is 10.9 Å². The van der Waals surface area contributed by atoms with Crippen LogP contribution in [0.2, 0.25) is 0 Å². The zero-order chi connectivity index (χ0) is 13.1. The van der Waals surface area contributed by atoms with Gasteiger partial charge in [-0.15, -0.1) is 0 Å². The number of hydrogen-bond acceptors (Lipinski definition) is 2. The minimum atomic E-state index is 0.520. The molecule has 1 fully saturated rings. The first kappa shape index (κ1) is 12.7. The Hall–Kier alpha value is -1.32. The molecule has 1 aliphatic carbocycles. The van der Waals surface area contributed by atoms with Crippen LogP contribution in [0.4, 0.5) is 0 Å². The normalized spacial score (nSPS) is 16.9. The molecule has 0 radical (unpaired) electrons. The molecule has 1 aliphatic rings. The predicted molar refractivity (Wildman–Crippen MR) is 78.2 cm³/mol. The highest BCUT2D eigenvalue weighted by Gasteiger charge is 2.41. The van der Waals surface area contributed by atoms with Crippen LogP contribution in [-0.4, -0.2) is 25.2 Å². The highest BCUT2D eigenvalue weighted by Crippen LogP contribution is 2.48. The smallest absolute Gasteiger partial charge is 0.0468 e. The number of aromatic amines is 1. The van der Waals surface area contributed by atoms with E-state index in [2.05, 4.69) is 34.6 Å². The lowest BCUT2D eigenvalue weighted by Crippen LogP contribution is -2.24. The zero-order valence-corrected chi connectivity index (χ0v) is 11.5. The van der Waals surface area contributed by atoms with Crippen molar-refractivity contribution in [2.24, 2.45) is 5.41 Å². The Morgan fingerprint density at radius 2 is 2.21 bits per heavy atom. The summed E-state index contributed by atoms with van der Waals surface area (Å²) in [6.45, 7) is 2.94. The molecule has 3 heteroatoms. The SMILES string of the molecule is COCCC1(CNCc2ccc3cc[nH]c3c2)CC1. The Morgan fingerprint density at radius 3 is 3.00 bits per heavy atom. The van der Waals surface area contributed by atoms with Gasteiger partial charge in [0.05, 0.1) is 0 Å². The second-order valence-electron chi connectivity index (χ2n) is 5.75. The van der Waals surface area contributed by atoms with E-state index in [1.165, 1.54) is 35.7 Å². The van der Waals surface area contributed by atoms with Crippen molar-refractivity contribution in [3.05, 3.63) is 36.0 Å². The first-order valence-corrected chi connectivity index (χ1v) is 7.07. The van der Waals surface area contributed by atoms with Gasteiger partial charge in [-0.1, -0.05) is 12.1 Å². The molecule has 0 aliphatic heterocycles. The number of ether oxygens (including phenoxy) is 1. The molecule has 2 N–H and O–H groups in total. The molecule has 3 nitrogen and oxygen atoms in total. The average molecular weight is 258 g/mol. The van der Waals surface area contributed by atoms with Crippen molar-refractivity contribution in [2.45, 2.75) is 25.8 Å². The first-order chi connectivity index (χ1) is 9.31. The average Bonchev–Trinajstić information content (AvgIpc) is 3.03. The first-order valence-electron chi connectivity index (χ1n) is 7.07. The number of aromatic nitrogens is 1. The number of hydrogen-bond donors (Lipinski definition) is 2. The van der Waals surface area contributed by atoms with E-state index in [1.54, 1.807) is 7.11 Å². The predicted octanol–water partition coefficient (Wildman–Crippen LogP) is 3.07. The van der Waals surface area contributed by atoms with E-state index in [-0.39, 0.29) is 0 Å². The Labute approximate surface area is 114 Å². The number of methoxy groups -OCH3 is 1. The van der Waals surface area contributed by atoms with Crippen LogP contribution in [-0.2, 0) is 11.3 Å². The highest BCUT2D eigenvalue weighted by atomic mass is 16.5. The van der Waals surface area contributed by atoms with E-state index < -0.39 is 0 Å². The third kappa shape index (κ3) is 2.99. The Balaban J connectivity index is 1.52. The van der Waals surface area contributed by atoms with E-state index in [0.29, 0.717) is 5.41 Å². The summed E-state index contributed by atoms with van der Waals surface area (Å²) in [4.78, 5) is 3.26. The molecule has 0 bridgehead atoms. The van der Waals surface area contributed by atoms with Crippen LogP contribution >= 0.6 is 0 Å². The number of fused-ring (bicyclic) bond motifs is 1. The Kier molecular flexibility index (Phi) is 3.58. The van der Waals surface area contributed by atoms with Gasteiger partial charge in [-0.05, 0) is 47.8 Å². The maximum absolute atomic E-state index is 5.19. The molecule has 102 valence electrons. The lowest BCUT2D eigenvalue weighted by Gasteiger charge is -2.15. The molecular formula is C16H22N2O. The molecule has 3 rings (SSSR count). The van der Waals surface area contributed by atoms with Crippen LogP contribution in [0.5, 0.6) is 0 Å². The van der Waals surface area contributed by atoms with Gasteiger partial charge >= 0.3 is 0 Å². The molecule has 0 saturated heterocycles. The summed E-state index contributed by atoms with van der Waals surface area (Å²) in [5.74, 6) is 0. The van der Waals surface area contributed by atoms with Crippen molar-refractivity contribution in [3.63, 3.8) is 0 Å². The van der Waals surface area contributed by atoms with Crippen LogP contribution in [0.3, 0.4) is 0 Å². The molecular weight excluding hydrogens is 236 g/mol. The van der Waals surface area contributed by atoms with Gasteiger partial charge < -0.3 is 15.0 Å². The second-order valence-corrected chi connectivity index (χ2v) is 5.75. The van der Waals surface area contributed by atoms with Crippen LogP contribution < -0.4 is 5.32 Å². The van der Waals surface area contributed by atoms with E-state index >= 15 is 0 Å². The monoisotopic (exact) mass is 258 g/mol. The summed E-state index contributed by atoms with van der Waals surface area (Å²) >= 11 is 0. The topological polar surface area (TPSA) is 37.0 Å². The Bertz CT molecular complexity index is 542. The number of H-pyrrole nitrogens is 1. The van der Waals surface area contributed by atoms with Gasteiger partial charge in [-0.3, -0.25) is 0 Å². The fraction of sp³-hybridized carbons (Fsp3) is 0.500. The van der Waals surface area contributed by atoms with E-state index in [4.69, 9.17) is 4.74 Å². The van der Waals surface area contributed by atoms with Crippen molar-refractivity contribution in [3.8, 4) is 0 Å². The lowest BCUT2D eigenvalue weighted by atomic mass is 10.0. The molecule has 0 spiro atoms. The van der Waals surface area contributed by atoms with Gasteiger partial charge in [0.15, 0.2) is 0 Å². The third-order valence-corrected chi connectivity index (χ3v) is 4.24. The standard InChI is InChI=1S/C16H22N2O/c1-19-9-7-16(5-6-16)12-17-11-13-2-3-14-4-8-18-15(14)10-13/h2-4,8,10,17-18H,5-7,9,11-12H2,1H3. The van der Waals surface area contributed by atoms with Crippen molar-refractivity contribution in [1.82, 2.24) is 10.3 Å². The number of rotatable bonds is 7. The maximum atomic E-state index is 5.19.